The second-order valence-corrected chi connectivity index (χ2v) is 5.86. The first-order chi connectivity index (χ1) is 10.9. The van der Waals surface area contributed by atoms with Crippen LogP contribution in [-0.4, -0.2) is 5.16 Å². The molecular formula is C19H20N2O2. The summed E-state index contributed by atoms with van der Waals surface area (Å²) >= 11 is 0. The molecule has 23 heavy (non-hydrogen) atoms. The van der Waals surface area contributed by atoms with Gasteiger partial charge in [-0.05, 0) is 74.7 Å². The number of aryl methyl sites for hydroxylation is 4. The Morgan fingerprint density at radius 1 is 1.00 bits per heavy atom. The molecule has 3 rings (SSSR count). The van der Waals surface area contributed by atoms with Gasteiger partial charge < -0.3 is 15.0 Å². The van der Waals surface area contributed by atoms with E-state index in [-0.39, 0.29) is 0 Å². The van der Waals surface area contributed by atoms with Gasteiger partial charge in [-0.3, -0.25) is 0 Å². The summed E-state index contributed by atoms with van der Waals surface area (Å²) in [5.41, 5.74) is 11.6. The Bertz CT molecular complexity index is 846. The molecule has 0 spiro atoms. The van der Waals surface area contributed by atoms with Gasteiger partial charge in [0, 0.05) is 11.3 Å². The number of nitrogens with two attached hydrogens (primary N) is 1. The van der Waals surface area contributed by atoms with Crippen molar-refractivity contribution in [3.8, 4) is 22.6 Å². The van der Waals surface area contributed by atoms with E-state index in [1.54, 1.807) is 0 Å². The Balaban J connectivity index is 2.01. The molecule has 4 nitrogen and oxygen atoms in total. The average molecular weight is 308 g/mol. The molecule has 0 aliphatic carbocycles. The molecule has 0 amide bonds. The summed E-state index contributed by atoms with van der Waals surface area (Å²) in [5, 5.41) is 4.03. The maximum Gasteiger partial charge on any atom is 0.141 e. The maximum absolute atomic E-state index is 6.06. The fourth-order valence-corrected chi connectivity index (χ4v) is 2.76. The molecule has 1 aromatic heterocycles. The van der Waals surface area contributed by atoms with Gasteiger partial charge in [0.2, 0.25) is 0 Å². The molecule has 0 radical (unpaired) electrons. The van der Waals surface area contributed by atoms with Crippen LogP contribution in [0, 0.1) is 27.7 Å². The van der Waals surface area contributed by atoms with Crippen LogP contribution < -0.4 is 10.5 Å². The van der Waals surface area contributed by atoms with Crippen molar-refractivity contribution in [3.63, 3.8) is 0 Å². The quantitative estimate of drug-likeness (QED) is 0.695. The Morgan fingerprint density at radius 3 is 2.43 bits per heavy atom. The van der Waals surface area contributed by atoms with Gasteiger partial charge in [0.05, 0.1) is 5.69 Å². The fraction of sp³-hybridized carbons (Fsp3) is 0.211. The van der Waals surface area contributed by atoms with Crippen molar-refractivity contribution in [2.24, 2.45) is 0 Å². The maximum atomic E-state index is 6.06. The van der Waals surface area contributed by atoms with Gasteiger partial charge >= 0.3 is 0 Å². The first-order valence-electron chi connectivity index (χ1n) is 7.53. The monoisotopic (exact) mass is 308 g/mol. The lowest BCUT2D eigenvalue weighted by molar-refractivity contribution is 0.393. The minimum atomic E-state index is 0.732. The van der Waals surface area contributed by atoms with Crippen LogP contribution in [0.1, 0.15) is 22.6 Å². The predicted molar refractivity (Wildman–Crippen MR) is 91.8 cm³/mol. The molecule has 0 saturated carbocycles. The first-order valence-corrected chi connectivity index (χ1v) is 7.53. The molecule has 0 fully saturated rings. The molecule has 0 saturated heterocycles. The standard InChI is InChI=1S/C19H20N2O2/c1-11-7-15(19-13(3)21-23-14(19)4)10-17(8-11)22-18-6-5-16(20)9-12(18)2/h5-10H,20H2,1-4H3. The van der Waals surface area contributed by atoms with Gasteiger partial charge in [-0.2, -0.15) is 0 Å². The molecule has 1 heterocycles. The van der Waals surface area contributed by atoms with E-state index >= 15 is 0 Å². The van der Waals surface area contributed by atoms with E-state index in [0.717, 1.165) is 50.9 Å². The van der Waals surface area contributed by atoms with Crippen LogP contribution in [0.5, 0.6) is 11.5 Å². The highest BCUT2D eigenvalue weighted by Crippen LogP contribution is 2.33. The summed E-state index contributed by atoms with van der Waals surface area (Å²) in [6.45, 7) is 7.89. The molecule has 0 atom stereocenters. The zero-order valence-electron chi connectivity index (χ0n) is 13.8. The molecule has 4 heteroatoms. The average Bonchev–Trinajstić information content (AvgIpc) is 2.80. The number of nitrogens with zero attached hydrogens (tertiary/aromatic N) is 1. The van der Waals surface area contributed by atoms with Gasteiger partial charge in [0.15, 0.2) is 0 Å². The van der Waals surface area contributed by atoms with E-state index < -0.39 is 0 Å². The predicted octanol–water partition coefficient (Wildman–Crippen LogP) is 4.95. The van der Waals surface area contributed by atoms with Gasteiger partial charge in [-0.1, -0.05) is 11.2 Å². The lowest BCUT2D eigenvalue weighted by atomic mass is 10.0. The topological polar surface area (TPSA) is 61.3 Å². The van der Waals surface area contributed by atoms with E-state index in [1.165, 1.54) is 0 Å². The molecule has 3 aromatic rings. The smallest absolute Gasteiger partial charge is 0.141 e. The minimum absolute atomic E-state index is 0.732. The lowest BCUT2D eigenvalue weighted by Gasteiger charge is -2.12. The molecule has 118 valence electrons. The van der Waals surface area contributed by atoms with Crippen LogP contribution in [0.4, 0.5) is 5.69 Å². The highest BCUT2D eigenvalue weighted by atomic mass is 16.5. The third-order valence-electron chi connectivity index (χ3n) is 3.80. The van der Waals surface area contributed by atoms with Gasteiger partial charge in [0.1, 0.15) is 17.3 Å². The Morgan fingerprint density at radius 2 is 1.78 bits per heavy atom. The largest absolute Gasteiger partial charge is 0.457 e. The highest BCUT2D eigenvalue weighted by molar-refractivity contribution is 5.70. The van der Waals surface area contributed by atoms with Crippen LogP contribution in [0.25, 0.3) is 11.1 Å². The number of ether oxygens (including phenoxy) is 1. The highest BCUT2D eigenvalue weighted by Gasteiger charge is 2.13. The molecule has 0 aliphatic heterocycles. The van der Waals surface area contributed by atoms with E-state index in [4.69, 9.17) is 15.0 Å². The van der Waals surface area contributed by atoms with E-state index in [0.29, 0.717) is 0 Å². The summed E-state index contributed by atoms with van der Waals surface area (Å²) in [6, 6.07) is 11.8. The second-order valence-electron chi connectivity index (χ2n) is 5.86. The van der Waals surface area contributed by atoms with Crippen molar-refractivity contribution in [1.29, 1.82) is 0 Å². The van der Waals surface area contributed by atoms with E-state index in [1.807, 2.05) is 58.0 Å². The van der Waals surface area contributed by atoms with Crippen LogP contribution in [0.3, 0.4) is 0 Å². The van der Waals surface area contributed by atoms with Crippen molar-refractivity contribution in [2.45, 2.75) is 27.7 Å². The number of anilines is 1. The summed E-state index contributed by atoms with van der Waals surface area (Å²) in [4.78, 5) is 0. The fourth-order valence-electron chi connectivity index (χ4n) is 2.76. The van der Waals surface area contributed by atoms with Gasteiger partial charge in [-0.15, -0.1) is 0 Å². The molecule has 0 aliphatic rings. The van der Waals surface area contributed by atoms with Crippen LogP contribution in [-0.2, 0) is 0 Å². The number of nitrogen functional groups attached to an aromatic ring is 1. The zero-order chi connectivity index (χ0) is 16.6. The van der Waals surface area contributed by atoms with Crippen LogP contribution in [0.15, 0.2) is 40.9 Å². The van der Waals surface area contributed by atoms with Crippen LogP contribution in [0.2, 0.25) is 0 Å². The minimum Gasteiger partial charge on any atom is -0.457 e. The SMILES string of the molecule is Cc1cc(Oc2ccc(N)cc2C)cc(-c2c(C)noc2C)c1. The van der Waals surface area contributed by atoms with Gasteiger partial charge in [0.25, 0.3) is 0 Å². The van der Waals surface area contributed by atoms with Crippen molar-refractivity contribution in [3.05, 3.63) is 59.0 Å². The second kappa shape index (κ2) is 5.80. The van der Waals surface area contributed by atoms with Crippen molar-refractivity contribution >= 4 is 5.69 Å². The number of hydrogen-bond acceptors (Lipinski definition) is 4. The molecule has 0 bridgehead atoms. The van der Waals surface area contributed by atoms with E-state index in [9.17, 15) is 0 Å². The summed E-state index contributed by atoms with van der Waals surface area (Å²) in [6.07, 6.45) is 0. The van der Waals surface area contributed by atoms with Crippen molar-refractivity contribution in [1.82, 2.24) is 5.16 Å². The zero-order valence-corrected chi connectivity index (χ0v) is 13.8. The molecular weight excluding hydrogens is 288 g/mol. The number of rotatable bonds is 3. The van der Waals surface area contributed by atoms with Crippen molar-refractivity contribution < 1.29 is 9.26 Å². The number of benzene rings is 2. The normalized spacial score (nSPS) is 10.8. The first kappa shape index (κ1) is 15.2. The summed E-state index contributed by atoms with van der Waals surface area (Å²) in [7, 11) is 0. The Hall–Kier alpha value is -2.75. The summed E-state index contributed by atoms with van der Waals surface area (Å²) in [5.74, 6) is 2.39. The number of hydrogen-bond donors (Lipinski definition) is 1. The van der Waals surface area contributed by atoms with Crippen LogP contribution >= 0.6 is 0 Å². The molecule has 2 aromatic carbocycles. The number of aromatic nitrogens is 1. The summed E-state index contributed by atoms with van der Waals surface area (Å²) < 4.78 is 11.3. The Kier molecular flexibility index (Phi) is 3.82. The lowest BCUT2D eigenvalue weighted by Crippen LogP contribution is -1.92. The Labute approximate surface area is 135 Å². The third-order valence-corrected chi connectivity index (χ3v) is 3.80. The van der Waals surface area contributed by atoms with Crippen molar-refractivity contribution in [2.75, 3.05) is 5.73 Å². The molecule has 0 unspecified atom stereocenters. The third kappa shape index (κ3) is 3.06. The van der Waals surface area contributed by atoms with E-state index in [2.05, 4.69) is 11.2 Å². The van der Waals surface area contributed by atoms with Gasteiger partial charge in [-0.25, -0.2) is 0 Å². The molecule has 2 N–H and O–H groups in total.